The van der Waals surface area contributed by atoms with Crippen molar-refractivity contribution in [3.8, 4) is 0 Å². The molecular weight excluding hydrogens is 344 g/mol. The second kappa shape index (κ2) is 6.17. The van der Waals surface area contributed by atoms with Gasteiger partial charge in [0.1, 0.15) is 10.7 Å². The average Bonchev–Trinajstić information content (AvgIpc) is 2.95. The predicted octanol–water partition coefficient (Wildman–Crippen LogP) is 3.25. The summed E-state index contributed by atoms with van der Waals surface area (Å²) in [5, 5.41) is 3.79. The van der Waals surface area contributed by atoms with Crippen molar-refractivity contribution in [1.29, 1.82) is 0 Å². The van der Waals surface area contributed by atoms with Gasteiger partial charge >= 0.3 is 0 Å². The second-order valence-electron chi connectivity index (χ2n) is 6.95. The third-order valence-electron chi connectivity index (χ3n) is 5.47. The minimum atomic E-state index is 0.0603. The van der Waals surface area contributed by atoms with E-state index >= 15 is 0 Å². The Balaban J connectivity index is 1.33. The Bertz CT molecular complexity index is 721. The highest BCUT2D eigenvalue weighted by molar-refractivity contribution is 7.09. The molecule has 1 atom stereocenters. The number of piperidine rings is 1. The molecule has 3 heterocycles. The van der Waals surface area contributed by atoms with Crippen LogP contribution in [0.1, 0.15) is 34.8 Å². The highest BCUT2D eigenvalue weighted by Gasteiger charge is 2.56. The average molecular weight is 365 g/mol. The Kier molecular flexibility index (Phi) is 4.14. The summed E-state index contributed by atoms with van der Waals surface area (Å²) in [6.45, 7) is 2.59. The molecule has 1 saturated carbocycles. The number of aromatic amines is 1. The minimum absolute atomic E-state index is 0.0603. The molecule has 5 nitrogen and oxygen atoms in total. The van der Waals surface area contributed by atoms with E-state index in [9.17, 15) is 4.79 Å². The minimum Gasteiger partial charge on any atom is -0.356 e. The standard InChI is InChI=1S/C17H21ClN4OS/c1-21(11-15-19-4-7-24-15)14-9-17(14)2-5-22(6-3-17)16(23)13-8-12(18)10-20-13/h4,7-8,10,14,20H,2-3,5-6,9,11H2,1H3. The van der Waals surface area contributed by atoms with Crippen molar-refractivity contribution >= 4 is 28.8 Å². The van der Waals surface area contributed by atoms with E-state index in [0.29, 0.717) is 22.2 Å². The van der Waals surface area contributed by atoms with Gasteiger partial charge in [0.15, 0.2) is 0 Å². The van der Waals surface area contributed by atoms with Crippen molar-refractivity contribution in [2.75, 3.05) is 20.1 Å². The fourth-order valence-electron chi connectivity index (χ4n) is 3.96. The van der Waals surface area contributed by atoms with Gasteiger partial charge in [0, 0.05) is 36.9 Å². The number of rotatable bonds is 4. The Hall–Kier alpha value is -1.37. The van der Waals surface area contributed by atoms with Crippen molar-refractivity contribution in [3.63, 3.8) is 0 Å². The monoisotopic (exact) mass is 364 g/mol. The normalized spacial score (nSPS) is 22.3. The molecule has 0 radical (unpaired) electrons. The summed E-state index contributed by atoms with van der Waals surface area (Å²) in [5.74, 6) is 0.0603. The topological polar surface area (TPSA) is 52.2 Å². The molecule has 2 aliphatic rings. The van der Waals surface area contributed by atoms with Crippen LogP contribution in [0.4, 0.5) is 0 Å². The van der Waals surface area contributed by atoms with Gasteiger partial charge in [0.25, 0.3) is 5.91 Å². The Morgan fingerprint density at radius 3 is 2.96 bits per heavy atom. The van der Waals surface area contributed by atoms with Gasteiger partial charge in [-0.15, -0.1) is 11.3 Å². The lowest BCUT2D eigenvalue weighted by Crippen LogP contribution is -2.41. The third kappa shape index (κ3) is 2.98. The Morgan fingerprint density at radius 1 is 1.54 bits per heavy atom. The molecule has 0 bridgehead atoms. The van der Waals surface area contributed by atoms with E-state index < -0.39 is 0 Å². The first kappa shape index (κ1) is 16.1. The predicted molar refractivity (Wildman–Crippen MR) is 95.4 cm³/mol. The maximum Gasteiger partial charge on any atom is 0.270 e. The van der Waals surface area contributed by atoms with Crippen LogP contribution in [-0.2, 0) is 6.54 Å². The first-order valence-electron chi connectivity index (χ1n) is 8.29. The van der Waals surface area contributed by atoms with Crippen LogP contribution in [0.5, 0.6) is 0 Å². The van der Waals surface area contributed by atoms with Gasteiger partial charge in [-0.25, -0.2) is 4.98 Å². The van der Waals surface area contributed by atoms with Gasteiger partial charge in [0.05, 0.1) is 11.6 Å². The number of carbonyl (C=O) groups is 1. The van der Waals surface area contributed by atoms with Gasteiger partial charge in [-0.1, -0.05) is 11.6 Å². The zero-order valence-corrected chi connectivity index (χ0v) is 15.2. The van der Waals surface area contributed by atoms with Gasteiger partial charge in [-0.2, -0.15) is 0 Å². The maximum absolute atomic E-state index is 12.5. The smallest absolute Gasteiger partial charge is 0.270 e. The number of hydrogen-bond acceptors (Lipinski definition) is 4. The van der Waals surface area contributed by atoms with Gasteiger partial charge in [-0.05, 0) is 37.8 Å². The number of aromatic nitrogens is 2. The fourth-order valence-corrected chi connectivity index (χ4v) is 4.80. The highest BCUT2D eigenvalue weighted by Crippen LogP contribution is 2.56. The molecule has 4 rings (SSSR count). The Morgan fingerprint density at radius 2 is 2.33 bits per heavy atom. The van der Waals surface area contributed by atoms with Gasteiger partial charge < -0.3 is 9.88 Å². The third-order valence-corrected chi connectivity index (χ3v) is 6.45. The molecule has 128 valence electrons. The Labute approximate surface area is 150 Å². The summed E-state index contributed by atoms with van der Waals surface area (Å²) in [5.41, 5.74) is 0.986. The molecule has 2 aromatic heterocycles. The summed E-state index contributed by atoms with van der Waals surface area (Å²) in [7, 11) is 2.19. The molecule has 7 heteroatoms. The largest absolute Gasteiger partial charge is 0.356 e. The first-order valence-corrected chi connectivity index (χ1v) is 9.55. The molecule has 1 aliphatic carbocycles. The van der Waals surface area contributed by atoms with E-state index in [1.54, 1.807) is 23.6 Å². The van der Waals surface area contributed by atoms with Crippen molar-refractivity contribution in [2.24, 2.45) is 5.41 Å². The van der Waals surface area contributed by atoms with E-state index in [1.807, 2.05) is 16.5 Å². The van der Waals surface area contributed by atoms with E-state index in [0.717, 1.165) is 32.5 Å². The van der Waals surface area contributed by atoms with Crippen LogP contribution in [0.2, 0.25) is 5.02 Å². The number of nitrogens with zero attached hydrogens (tertiary/aromatic N) is 3. The molecule has 1 saturated heterocycles. The fraction of sp³-hybridized carbons (Fsp3) is 0.529. The molecular formula is C17H21ClN4OS. The zero-order valence-electron chi connectivity index (χ0n) is 13.7. The van der Waals surface area contributed by atoms with Crippen LogP contribution in [0.15, 0.2) is 23.8 Å². The van der Waals surface area contributed by atoms with E-state index in [2.05, 4.69) is 21.9 Å². The number of H-pyrrole nitrogens is 1. The highest BCUT2D eigenvalue weighted by atomic mass is 35.5. The summed E-state index contributed by atoms with van der Waals surface area (Å²) in [6.07, 6.45) is 6.93. The van der Waals surface area contributed by atoms with Crippen LogP contribution in [0, 0.1) is 5.41 Å². The van der Waals surface area contributed by atoms with E-state index in [1.165, 1.54) is 11.4 Å². The van der Waals surface area contributed by atoms with Crippen molar-refractivity contribution in [3.05, 3.63) is 39.6 Å². The SMILES string of the molecule is CN(Cc1nccs1)C1CC12CCN(C(=O)c1cc(Cl)c[nH]1)CC2. The van der Waals surface area contributed by atoms with Crippen molar-refractivity contribution in [1.82, 2.24) is 19.8 Å². The molecule has 1 spiro atoms. The molecule has 2 aromatic rings. The second-order valence-corrected chi connectivity index (χ2v) is 8.36. The van der Waals surface area contributed by atoms with Crippen molar-refractivity contribution in [2.45, 2.75) is 31.8 Å². The van der Waals surface area contributed by atoms with Crippen LogP contribution >= 0.6 is 22.9 Å². The summed E-state index contributed by atoms with van der Waals surface area (Å²) in [6, 6.07) is 2.33. The van der Waals surface area contributed by atoms with Gasteiger partial charge in [0.2, 0.25) is 0 Å². The number of hydrogen-bond donors (Lipinski definition) is 1. The summed E-state index contributed by atoms with van der Waals surface area (Å²) >= 11 is 7.61. The number of halogens is 1. The maximum atomic E-state index is 12.5. The van der Waals surface area contributed by atoms with Crippen molar-refractivity contribution < 1.29 is 4.79 Å². The molecule has 1 N–H and O–H groups in total. The lowest BCUT2D eigenvalue weighted by Gasteiger charge is -2.34. The van der Waals surface area contributed by atoms with Gasteiger partial charge in [-0.3, -0.25) is 9.69 Å². The van der Waals surface area contributed by atoms with E-state index in [4.69, 9.17) is 11.6 Å². The summed E-state index contributed by atoms with van der Waals surface area (Å²) in [4.78, 5) is 24.2. The van der Waals surface area contributed by atoms with Crippen LogP contribution < -0.4 is 0 Å². The first-order chi connectivity index (χ1) is 11.6. The lowest BCUT2D eigenvalue weighted by atomic mass is 9.92. The molecule has 0 aromatic carbocycles. The lowest BCUT2D eigenvalue weighted by molar-refractivity contribution is 0.0652. The number of likely N-dealkylation sites (tertiary alicyclic amines) is 1. The van der Waals surface area contributed by atoms with E-state index in [-0.39, 0.29) is 5.91 Å². The molecule has 1 unspecified atom stereocenters. The number of amides is 1. The summed E-state index contributed by atoms with van der Waals surface area (Å²) < 4.78 is 0. The molecule has 24 heavy (non-hydrogen) atoms. The van der Waals surface area contributed by atoms with Crippen LogP contribution in [0.3, 0.4) is 0 Å². The zero-order chi connectivity index (χ0) is 16.7. The molecule has 2 fully saturated rings. The number of carbonyl (C=O) groups excluding carboxylic acids is 1. The number of nitrogens with one attached hydrogen (secondary N) is 1. The number of thiazole rings is 1. The van der Waals surface area contributed by atoms with Crippen LogP contribution in [0.25, 0.3) is 0 Å². The quantitative estimate of drug-likeness (QED) is 0.906. The molecule has 1 aliphatic heterocycles. The molecule has 1 amide bonds. The van der Waals surface area contributed by atoms with Crippen LogP contribution in [-0.4, -0.2) is 51.9 Å².